The van der Waals surface area contributed by atoms with Gasteiger partial charge in [-0.1, -0.05) is 133 Å². The molecular formula is C50H28N4OS2. The summed E-state index contributed by atoms with van der Waals surface area (Å²) in [6.07, 6.45) is 0. The van der Waals surface area contributed by atoms with Crippen LogP contribution >= 0.6 is 22.7 Å². The Hall–Kier alpha value is -7.06. The third-order valence-electron chi connectivity index (χ3n) is 10.8. The van der Waals surface area contributed by atoms with Crippen molar-refractivity contribution in [3.05, 3.63) is 170 Å². The molecule has 8 aromatic carbocycles. The predicted molar refractivity (Wildman–Crippen MR) is 238 cm³/mol. The van der Waals surface area contributed by atoms with Crippen LogP contribution in [0, 0.1) is 0 Å². The number of benzene rings is 8. The number of fused-ring (bicyclic) bond motifs is 9. The van der Waals surface area contributed by atoms with Crippen molar-refractivity contribution < 1.29 is 4.42 Å². The Labute approximate surface area is 334 Å². The highest BCUT2D eigenvalue weighted by Crippen LogP contribution is 2.48. The van der Waals surface area contributed by atoms with Crippen LogP contribution in [-0.4, -0.2) is 19.9 Å². The molecule has 0 atom stereocenters. The quantitative estimate of drug-likeness (QED) is 0.175. The Morgan fingerprint density at radius 3 is 1.86 bits per heavy atom. The molecule has 12 aromatic rings. The molecule has 0 bridgehead atoms. The first kappa shape index (κ1) is 32.2. The molecule has 0 amide bonds. The molecular weight excluding hydrogens is 737 g/mol. The fourth-order valence-corrected chi connectivity index (χ4v) is 10.5. The molecule has 4 heterocycles. The van der Waals surface area contributed by atoms with Crippen LogP contribution in [-0.2, 0) is 0 Å². The highest BCUT2D eigenvalue weighted by Gasteiger charge is 2.24. The second-order valence-electron chi connectivity index (χ2n) is 14.2. The topological polar surface area (TPSA) is 64.7 Å². The average molecular weight is 765 g/mol. The summed E-state index contributed by atoms with van der Waals surface area (Å²) in [6, 6.07) is 59.0. The zero-order valence-electron chi connectivity index (χ0n) is 30.2. The van der Waals surface area contributed by atoms with Crippen molar-refractivity contribution in [3.63, 3.8) is 0 Å². The molecule has 0 spiro atoms. The van der Waals surface area contributed by atoms with Gasteiger partial charge in [-0.3, -0.25) is 0 Å². The second-order valence-corrected chi connectivity index (χ2v) is 16.3. The molecule has 266 valence electrons. The normalized spacial score (nSPS) is 11.9. The maximum absolute atomic E-state index is 6.89. The minimum Gasteiger partial charge on any atom is -0.435 e. The van der Waals surface area contributed by atoms with E-state index in [4.69, 9.17) is 24.4 Å². The summed E-state index contributed by atoms with van der Waals surface area (Å²) in [5.41, 5.74) is 7.44. The van der Waals surface area contributed by atoms with Gasteiger partial charge in [0, 0.05) is 68.2 Å². The molecule has 0 fully saturated rings. The van der Waals surface area contributed by atoms with Gasteiger partial charge in [0.2, 0.25) is 5.89 Å². The maximum Gasteiger partial charge on any atom is 0.228 e. The third-order valence-corrected chi connectivity index (χ3v) is 13.1. The maximum atomic E-state index is 6.89. The number of nitrogens with zero attached hydrogens (tertiary/aromatic N) is 4. The molecule has 5 nitrogen and oxygen atoms in total. The first-order valence-electron chi connectivity index (χ1n) is 18.8. The van der Waals surface area contributed by atoms with E-state index in [2.05, 4.69) is 140 Å². The molecule has 0 N–H and O–H groups in total. The second kappa shape index (κ2) is 12.7. The monoisotopic (exact) mass is 764 g/mol. The fraction of sp³-hybridized carbons (Fsp3) is 0. The van der Waals surface area contributed by atoms with E-state index in [1.165, 1.54) is 30.3 Å². The molecule has 57 heavy (non-hydrogen) atoms. The number of oxazole rings is 1. The van der Waals surface area contributed by atoms with Crippen LogP contribution in [0.5, 0.6) is 0 Å². The van der Waals surface area contributed by atoms with Crippen LogP contribution in [0.1, 0.15) is 0 Å². The van der Waals surface area contributed by atoms with Crippen LogP contribution in [0.4, 0.5) is 0 Å². The van der Waals surface area contributed by atoms with Gasteiger partial charge in [-0.25, -0.2) is 19.9 Å². The molecule has 0 saturated heterocycles. The molecule has 0 saturated carbocycles. The predicted octanol–water partition coefficient (Wildman–Crippen LogP) is 14.2. The lowest BCUT2D eigenvalue weighted by Gasteiger charge is -2.13. The van der Waals surface area contributed by atoms with E-state index in [0.717, 1.165) is 65.3 Å². The van der Waals surface area contributed by atoms with Crippen molar-refractivity contribution in [2.75, 3.05) is 0 Å². The number of hydrogen-bond acceptors (Lipinski definition) is 7. The van der Waals surface area contributed by atoms with Crippen molar-refractivity contribution in [2.45, 2.75) is 0 Å². The van der Waals surface area contributed by atoms with Gasteiger partial charge >= 0.3 is 0 Å². The molecule has 7 heteroatoms. The Morgan fingerprint density at radius 2 is 1.02 bits per heavy atom. The van der Waals surface area contributed by atoms with Crippen molar-refractivity contribution >= 4 is 84.9 Å². The van der Waals surface area contributed by atoms with E-state index < -0.39 is 0 Å². The summed E-state index contributed by atoms with van der Waals surface area (Å²) in [6.45, 7) is 0. The van der Waals surface area contributed by atoms with E-state index in [1.807, 2.05) is 30.3 Å². The minimum absolute atomic E-state index is 0.605. The lowest BCUT2D eigenvalue weighted by molar-refractivity contribution is 0.624. The summed E-state index contributed by atoms with van der Waals surface area (Å²) in [5.74, 6) is 2.47. The van der Waals surface area contributed by atoms with Gasteiger partial charge in [-0.15, -0.1) is 22.7 Å². The SMILES string of the molecule is c1ccc(-c2nc(-c3ccc4ccccc4c3)nc(-c3ccccc3-c3cc4nc(-c5cccc6sc7ccccc7c56)oc4c4c3sc3ccccc34)n2)cc1. The van der Waals surface area contributed by atoms with Gasteiger partial charge in [0.15, 0.2) is 23.1 Å². The number of aromatic nitrogens is 4. The van der Waals surface area contributed by atoms with Gasteiger partial charge in [0.25, 0.3) is 0 Å². The highest BCUT2D eigenvalue weighted by atomic mass is 32.1. The minimum atomic E-state index is 0.605. The lowest BCUT2D eigenvalue weighted by Crippen LogP contribution is -2.01. The van der Waals surface area contributed by atoms with E-state index in [1.54, 1.807) is 22.7 Å². The van der Waals surface area contributed by atoms with Crippen LogP contribution in [0.2, 0.25) is 0 Å². The zero-order valence-corrected chi connectivity index (χ0v) is 31.8. The molecule has 0 unspecified atom stereocenters. The molecule has 0 aliphatic heterocycles. The summed E-state index contributed by atoms with van der Waals surface area (Å²) in [7, 11) is 0. The van der Waals surface area contributed by atoms with E-state index in [9.17, 15) is 0 Å². The van der Waals surface area contributed by atoms with Gasteiger partial charge < -0.3 is 4.42 Å². The average Bonchev–Trinajstić information content (AvgIpc) is 4.00. The Morgan fingerprint density at radius 1 is 0.386 bits per heavy atom. The summed E-state index contributed by atoms with van der Waals surface area (Å²) in [4.78, 5) is 20.7. The van der Waals surface area contributed by atoms with Crippen LogP contribution < -0.4 is 0 Å². The van der Waals surface area contributed by atoms with Crippen molar-refractivity contribution in [1.82, 2.24) is 19.9 Å². The fourth-order valence-electron chi connectivity index (χ4n) is 8.12. The van der Waals surface area contributed by atoms with Crippen molar-refractivity contribution in [2.24, 2.45) is 0 Å². The molecule has 0 aliphatic carbocycles. The first-order chi connectivity index (χ1) is 28.2. The third kappa shape index (κ3) is 5.20. The number of rotatable bonds is 5. The largest absolute Gasteiger partial charge is 0.435 e. The van der Waals surface area contributed by atoms with Gasteiger partial charge in [-0.05, 0) is 52.7 Å². The van der Waals surface area contributed by atoms with E-state index in [0.29, 0.717) is 23.4 Å². The summed E-state index contributed by atoms with van der Waals surface area (Å²) < 4.78 is 11.7. The molecule has 0 radical (unpaired) electrons. The smallest absolute Gasteiger partial charge is 0.228 e. The number of hydrogen-bond donors (Lipinski definition) is 0. The van der Waals surface area contributed by atoms with Gasteiger partial charge in [0.05, 0.1) is 0 Å². The summed E-state index contributed by atoms with van der Waals surface area (Å²) >= 11 is 3.57. The zero-order chi connectivity index (χ0) is 37.5. The van der Waals surface area contributed by atoms with Crippen LogP contribution in [0.25, 0.3) is 119 Å². The van der Waals surface area contributed by atoms with Crippen LogP contribution in [0.15, 0.2) is 174 Å². The summed E-state index contributed by atoms with van der Waals surface area (Å²) in [5, 5.41) is 6.90. The molecule has 4 aromatic heterocycles. The lowest BCUT2D eigenvalue weighted by atomic mass is 9.96. The molecule has 0 aliphatic rings. The van der Waals surface area contributed by atoms with Gasteiger partial charge in [-0.2, -0.15) is 0 Å². The van der Waals surface area contributed by atoms with E-state index >= 15 is 0 Å². The number of thiophene rings is 2. The standard InChI is InChI=1S/C50H28N4OS2/c1-2-14-30(15-3-1)47-52-48(32-26-25-29-13-4-5-16-31(29)27-32)54-49(53-47)34-18-7-6-17-33(34)38-28-39-45(44-36-20-9-11-23-41(36)57-46(38)44)55-50(51-39)37-21-12-24-42-43(37)35-19-8-10-22-40(35)56-42/h1-28H. The Bertz CT molecular complexity index is 3550. The highest BCUT2D eigenvalue weighted by molar-refractivity contribution is 7.26. The van der Waals surface area contributed by atoms with Crippen molar-refractivity contribution in [1.29, 1.82) is 0 Å². The Kier molecular flexibility index (Phi) is 7.20. The van der Waals surface area contributed by atoms with Gasteiger partial charge in [0.1, 0.15) is 5.52 Å². The van der Waals surface area contributed by atoms with Crippen LogP contribution in [0.3, 0.4) is 0 Å². The van der Waals surface area contributed by atoms with Crippen molar-refractivity contribution in [3.8, 4) is 56.7 Å². The van der Waals surface area contributed by atoms with E-state index in [-0.39, 0.29) is 0 Å². The Balaban J connectivity index is 1.10. The first-order valence-corrected chi connectivity index (χ1v) is 20.4. The molecule has 12 rings (SSSR count).